The third kappa shape index (κ3) is 3.51. The quantitative estimate of drug-likeness (QED) is 0.660. The van der Waals surface area contributed by atoms with Crippen LogP contribution in [0.4, 0.5) is 5.95 Å². The summed E-state index contributed by atoms with van der Waals surface area (Å²) in [4.78, 5) is 19.7. The molecule has 0 radical (unpaired) electrons. The summed E-state index contributed by atoms with van der Waals surface area (Å²) in [5.41, 5.74) is 3.79. The number of hydrogen-bond acceptors (Lipinski definition) is 3. The van der Waals surface area contributed by atoms with Crippen LogP contribution >= 0.6 is 11.6 Å². The van der Waals surface area contributed by atoms with Gasteiger partial charge in [0.2, 0.25) is 11.9 Å². The molecular formula is C18H19ClN4O. The number of nitrogens with zero attached hydrogens (tertiary/aromatic N) is 1. The highest BCUT2D eigenvalue weighted by Gasteiger charge is 2.17. The maximum atomic E-state index is 11.9. The number of para-hydroxylation sites is 2. The van der Waals surface area contributed by atoms with Gasteiger partial charge < -0.3 is 15.6 Å². The predicted octanol–water partition coefficient (Wildman–Crippen LogP) is 3.81. The number of anilines is 1. The molecule has 0 spiro atoms. The molecule has 0 fully saturated rings. The molecule has 2 aromatic carbocycles. The molecule has 124 valence electrons. The van der Waals surface area contributed by atoms with E-state index >= 15 is 0 Å². The highest BCUT2D eigenvalue weighted by Crippen LogP contribution is 2.26. The van der Waals surface area contributed by atoms with Gasteiger partial charge >= 0.3 is 0 Å². The van der Waals surface area contributed by atoms with Crippen molar-refractivity contribution in [2.24, 2.45) is 0 Å². The summed E-state index contributed by atoms with van der Waals surface area (Å²) in [6.07, 6.45) is 0.300. The van der Waals surface area contributed by atoms with Crippen molar-refractivity contribution in [2.45, 2.75) is 19.4 Å². The van der Waals surface area contributed by atoms with Crippen molar-refractivity contribution in [3.05, 3.63) is 58.6 Å². The van der Waals surface area contributed by atoms with E-state index in [4.69, 9.17) is 11.6 Å². The van der Waals surface area contributed by atoms with Crippen molar-refractivity contribution >= 4 is 34.5 Å². The number of fused-ring (bicyclic) bond motifs is 1. The Balaban J connectivity index is 1.91. The van der Waals surface area contributed by atoms with Crippen LogP contribution in [0.5, 0.6) is 0 Å². The first-order valence-corrected chi connectivity index (χ1v) is 8.12. The van der Waals surface area contributed by atoms with Crippen LogP contribution < -0.4 is 10.6 Å². The average Bonchev–Trinajstić information content (AvgIpc) is 2.99. The van der Waals surface area contributed by atoms with Crippen LogP contribution in [0.15, 0.2) is 42.5 Å². The molecule has 0 saturated heterocycles. The molecule has 1 heterocycles. The Morgan fingerprint density at radius 2 is 2.08 bits per heavy atom. The topological polar surface area (TPSA) is 69.8 Å². The van der Waals surface area contributed by atoms with E-state index < -0.39 is 0 Å². The molecule has 6 heteroatoms. The fourth-order valence-electron chi connectivity index (χ4n) is 2.61. The van der Waals surface area contributed by atoms with Gasteiger partial charge in [-0.2, -0.15) is 0 Å². The summed E-state index contributed by atoms with van der Waals surface area (Å²) in [6, 6.07) is 13.4. The van der Waals surface area contributed by atoms with Crippen molar-refractivity contribution in [3.8, 4) is 0 Å². The maximum Gasteiger partial charge on any atom is 0.222 e. The average molecular weight is 343 g/mol. The summed E-state index contributed by atoms with van der Waals surface area (Å²) in [7, 11) is 1.63. The van der Waals surface area contributed by atoms with Gasteiger partial charge in [0.1, 0.15) is 0 Å². The number of halogens is 1. The number of aromatic nitrogens is 2. The predicted molar refractivity (Wildman–Crippen MR) is 97.3 cm³/mol. The minimum absolute atomic E-state index is 0.0452. The number of imidazole rings is 1. The van der Waals surface area contributed by atoms with E-state index in [0.29, 0.717) is 17.4 Å². The third-order valence-corrected chi connectivity index (χ3v) is 4.38. The Bertz CT molecular complexity index is 841. The number of hydrogen-bond donors (Lipinski definition) is 3. The standard InChI is InChI=1S/C18H19ClN4O/c1-11-9-12(7-8-13(11)19)16(10-17(24)20-2)23-18-21-14-5-3-4-6-15(14)22-18/h3-9,16H,10H2,1-2H3,(H,20,24)(H2,21,22,23). The first kappa shape index (κ1) is 16.3. The summed E-state index contributed by atoms with van der Waals surface area (Å²) >= 11 is 6.11. The van der Waals surface area contributed by atoms with Gasteiger partial charge in [0.25, 0.3) is 0 Å². The number of aryl methyl sites for hydroxylation is 1. The number of aromatic amines is 1. The van der Waals surface area contributed by atoms with Crippen LogP contribution in [-0.2, 0) is 4.79 Å². The Labute approximate surface area is 145 Å². The van der Waals surface area contributed by atoms with Crippen LogP contribution in [0.1, 0.15) is 23.6 Å². The lowest BCUT2D eigenvalue weighted by atomic mass is 10.0. The van der Waals surface area contributed by atoms with E-state index in [2.05, 4.69) is 20.6 Å². The van der Waals surface area contributed by atoms with E-state index in [9.17, 15) is 4.79 Å². The Hall–Kier alpha value is -2.53. The first-order chi connectivity index (χ1) is 11.6. The van der Waals surface area contributed by atoms with Gasteiger partial charge in [-0.25, -0.2) is 4.98 Å². The lowest BCUT2D eigenvalue weighted by molar-refractivity contribution is -0.120. The second kappa shape index (κ2) is 6.93. The second-order valence-corrected chi connectivity index (χ2v) is 6.09. The van der Waals surface area contributed by atoms with E-state index in [-0.39, 0.29) is 11.9 Å². The Kier molecular flexibility index (Phi) is 4.71. The monoisotopic (exact) mass is 342 g/mol. The largest absolute Gasteiger partial charge is 0.359 e. The third-order valence-electron chi connectivity index (χ3n) is 3.95. The van der Waals surface area contributed by atoms with Gasteiger partial charge in [-0.3, -0.25) is 4.79 Å². The minimum atomic E-state index is -0.207. The van der Waals surface area contributed by atoms with Crippen molar-refractivity contribution in [1.82, 2.24) is 15.3 Å². The lowest BCUT2D eigenvalue weighted by Crippen LogP contribution is -2.24. The maximum absolute atomic E-state index is 11.9. The summed E-state index contributed by atoms with van der Waals surface area (Å²) in [5, 5.41) is 6.70. The number of carbonyl (C=O) groups is 1. The minimum Gasteiger partial charge on any atom is -0.359 e. The number of benzene rings is 2. The smallest absolute Gasteiger partial charge is 0.222 e. The second-order valence-electron chi connectivity index (χ2n) is 5.69. The number of H-pyrrole nitrogens is 1. The molecule has 3 N–H and O–H groups in total. The Morgan fingerprint density at radius 3 is 2.79 bits per heavy atom. The number of rotatable bonds is 5. The van der Waals surface area contributed by atoms with E-state index in [1.165, 1.54) is 0 Å². The van der Waals surface area contributed by atoms with Crippen molar-refractivity contribution in [2.75, 3.05) is 12.4 Å². The molecule has 0 bridgehead atoms. The van der Waals surface area contributed by atoms with Crippen LogP contribution in [-0.4, -0.2) is 22.9 Å². The highest BCUT2D eigenvalue weighted by atomic mass is 35.5. The number of nitrogens with one attached hydrogen (secondary N) is 3. The van der Waals surface area contributed by atoms with Gasteiger partial charge in [0, 0.05) is 12.1 Å². The SMILES string of the molecule is CNC(=O)CC(Nc1nc2ccccc2[nH]1)c1ccc(Cl)c(C)c1. The molecule has 0 aliphatic carbocycles. The van der Waals surface area contributed by atoms with Crippen LogP contribution in [0.3, 0.4) is 0 Å². The molecule has 0 aliphatic heterocycles. The number of amides is 1. The van der Waals surface area contributed by atoms with Gasteiger partial charge in [-0.15, -0.1) is 0 Å². The molecule has 1 amide bonds. The molecule has 3 aromatic rings. The van der Waals surface area contributed by atoms with Gasteiger partial charge in [-0.1, -0.05) is 35.9 Å². The van der Waals surface area contributed by atoms with Gasteiger partial charge in [0.05, 0.1) is 23.5 Å². The Morgan fingerprint density at radius 1 is 1.29 bits per heavy atom. The summed E-state index contributed by atoms with van der Waals surface area (Å²) < 4.78 is 0. The highest BCUT2D eigenvalue weighted by molar-refractivity contribution is 6.31. The summed E-state index contributed by atoms with van der Waals surface area (Å²) in [5.74, 6) is 0.592. The molecule has 1 aromatic heterocycles. The van der Waals surface area contributed by atoms with E-state index in [1.807, 2.05) is 49.4 Å². The zero-order valence-electron chi connectivity index (χ0n) is 13.6. The van der Waals surface area contributed by atoms with Crippen LogP contribution in [0, 0.1) is 6.92 Å². The lowest BCUT2D eigenvalue weighted by Gasteiger charge is -2.19. The molecular weight excluding hydrogens is 324 g/mol. The van der Waals surface area contributed by atoms with Gasteiger partial charge in [-0.05, 0) is 36.2 Å². The van der Waals surface area contributed by atoms with E-state index in [1.54, 1.807) is 7.05 Å². The fraction of sp³-hybridized carbons (Fsp3) is 0.222. The zero-order valence-corrected chi connectivity index (χ0v) is 14.3. The first-order valence-electron chi connectivity index (χ1n) is 7.74. The molecule has 5 nitrogen and oxygen atoms in total. The van der Waals surface area contributed by atoms with Crippen molar-refractivity contribution < 1.29 is 4.79 Å². The summed E-state index contributed by atoms with van der Waals surface area (Å²) in [6.45, 7) is 1.95. The van der Waals surface area contributed by atoms with Crippen molar-refractivity contribution in [3.63, 3.8) is 0 Å². The molecule has 0 aliphatic rings. The molecule has 0 saturated carbocycles. The fourth-order valence-corrected chi connectivity index (χ4v) is 2.73. The molecule has 3 rings (SSSR count). The molecule has 1 atom stereocenters. The van der Waals surface area contributed by atoms with Crippen molar-refractivity contribution in [1.29, 1.82) is 0 Å². The molecule has 24 heavy (non-hydrogen) atoms. The van der Waals surface area contributed by atoms with Crippen LogP contribution in [0.25, 0.3) is 11.0 Å². The van der Waals surface area contributed by atoms with Crippen LogP contribution in [0.2, 0.25) is 5.02 Å². The molecule has 1 unspecified atom stereocenters. The number of carbonyl (C=O) groups excluding carboxylic acids is 1. The zero-order chi connectivity index (χ0) is 17.1. The van der Waals surface area contributed by atoms with Gasteiger partial charge in [0.15, 0.2) is 0 Å². The normalized spacial score (nSPS) is 12.1. The van der Waals surface area contributed by atoms with E-state index in [0.717, 1.165) is 22.2 Å².